The highest BCUT2D eigenvalue weighted by atomic mass is 16.2. The quantitative estimate of drug-likeness (QED) is 0.640. The number of hydrogen-bond donors (Lipinski definition) is 3. The molecule has 0 aliphatic heterocycles. The average molecular weight is 340 g/mol. The Hall–Kier alpha value is -2.89. The summed E-state index contributed by atoms with van der Waals surface area (Å²) in [4.78, 5) is 27.6. The highest BCUT2D eigenvalue weighted by Gasteiger charge is 2.07. The molecule has 0 spiro atoms. The molecule has 25 heavy (non-hydrogen) atoms. The SMILES string of the molecule is CCCCCNC(=O)c1ccnc(Nc2cccc(NC(C)=O)c2)c1. The second-order valence-corrected chi connectivity index (χ2v) is 5.78. The van der Waals surface area contributed by atoms with Crippen LogP contribution in [0.2, 0.25) is 0 Å². The third kappa shape index (κ3) is 6.25. The van der Waals surface area contributed by atoms with Crippen LogP contribution in [0.5, 0.6) is 0 Å². The van der Waals surface area contributed by atoms with Crippen molar-refractivity contribution in [3.63, 3.8) is 0 Å². The Kier molecular flexibility index (Phi) is 6.95. The van der Waals surface area contributed by atoms with Gasteiger partial charge in [0.05, 0.1) is 0 Å². The molecular formula is C19H24N4O2. The molecule has 0 bridgehead atoms. The van der Waals surface area contributed by atoms with Gasteiger partial charge in [0.1, 0.15) is 5.82 Å². The maximum Gasteiger partial charge on any atom is 0.251 e. The topological polar surface area (TPSA) is 83.1 Å². The van der Waals surface area contributed by atoms with Crippen molar-refractivity contribution < 1.29 is 9.59 Å². The first-order valence-corrected chi connectivity index (χ1v) is 8.47. The number of benzene rings is 1. The monoisotopic (exact) mass is 340 g/mol. The lowest BCUT2D eigenvalue weighted by molar-refractivity contribution is -0.114. The Morgan fingerprint density at radius 2 is 1.88 bits per heavy atom. The zero-order valence-electron chi connectivity index (χ0n) is 14.6. The number of unbranched alkanes of at least 4 members (excludes halogenated alkanes) is 2. The zero-order valence-corrected chi connectivity index (χ0v) is 14.6. The average Bonchev–Trinajstić information content (AvgIpc) is 2.58. The molecule has 1 heterocycles. The molecule has 1 aromatic carbocycles. The van der Waals surface area contributed by atoms with Crippen LogP contribution in [0.25, 0.3) is 0 Å². The van der Waals surface area contributed by atoms with Gasteiger partial charge in [-0.3, -0.25) is 9.59 Å². The van der Waals surface area contributed by atoms with Crippen LogP contribution in [-0.4, -0.2) is 23.3 Å². The first-order valence-electron chi connectivity index (χ1n) is 8.47. The fourth-order valence-corrected chi connectivity index (χ4v) is 2.34. The second kappa shape index (κ2) is 9.42. The van der Waals surface area contributed by atoms with Crippen LogP contribution < -0.4 is 16.0 Å². The molecule has 6 heteroatoms. The normalized spacial score (nSPS) is 10.2. The van der Waals surface area contributed by atoms with E-state index in [0.717, 1.165) is 24.9 Å². The van der Waals surface area contributed by atoms with Crippen LogP contribution in [0, 0.1) is 0 Å². The Bertz CT molecular complexity index is 731. The number of carbonyl (C=O) groups is 2. The van der Waals surface area contributed by atoms with Crippen LogP contribution in [0.1, 0.15) is 43.5 Å². The zero-order chi connectivity index (χ0) is 18.1. The van der Waals surface area contributed by atoms with E-state index >= 15 is 0 Å². The Morgan fingerprint density at radius 1 is 1.08 bits per heavy atom. The fraction of sp³-hybridized carbons (Fsp3) is 0.316. The van der Waals surface area contributed by atoms with Crippen LogP contribution >= 0.6 is 0 Å². The molecule has 0 aliphatic carbocycles. The van der Waals surface area contributed by atoms with Gasteiger partial charge < -0.3 is 16.0 Å². The summed E-state index contributed by atoms with van der Waals surface area (Å²) >= 11 is 0. The van der Waals surface area contributed by atoms with Crippen LogP contribution in [0.3, 0.4) is 0 Å². The summed E-state index contributed by atoms with van der Waals surface area (Å²) in [6.45, 7) is 4.27. The van der Waals surface area contributed by atoms with Gasteiger partial charge in [-0.05, 0) is 36.8 Å². The maximum atomic E-state index is 12.2. The number of nitrogens with one attached hydrogen (secondary N) is 3. The van der Waals surface area contributed by atoms with Gasteiger partial charge >= 0.3 is 0 Å². The van der Waals surface area contributed by atoms with E-state index in [-0.39, 0.29) is 11.8 Å². The van der Waals surface area contributed by atoms with E-state index in [0.29, 0.717) is 23.6 Å². The highest BCUT2D eigenvalue weighted by molar-refractivity contribution is 5.95. The first-order chi connectivity index (χ1) is 12.1. The highest BCUT2D eigenvalue weighted by Crippen LogP contribution is 2.19. The molecule has 0 fully saturated rings. The summed E-state index contributed by atoms with van der Waals surface area (Å²) < 4.78 is 0. The molecule has 0 radical (unpaired) electrons. The van der Waals surface area contributed by atoms with Crippen molar-refractivity contribution in [2.45, 2.75) is 33.1 Å². The van der Waals surface area contributed by atoms with Gasteiger partial charge in [-0.25, -0.2) is 4.98 Å². The minimum atomic E-state index is -0.128. The van der Waals surface area contributed by atoms with Gasteiger partial charge in [-0.2, -0.15) is 0 Å². The molecule has 0 unspecified atom stereocenters. The van der Waals surface area contributed by atoms with Gasteiger partial charge in [0, 0.05) is 36.6 Å². The summed E-state index contributed by atoms with van der Waals surface area (Å²) in [6.07, 6.45) is 4.81. The largest absolute Gasteiger partial charge is 0.352 e. The molecule has 3 N–H and O–H groups in total. The number of carbonyl (C=O) groups excluding carboxylic acids is 2. The van der Waals surface area contributed by atoms with Gasteiger partial charge in [-0.15, -0.1) is 0 Å². The second-order valence-electron chi connectivity index (χ2n) is 5.78. The summed E-state index contributed by atoms with van der Waals surface area (Å²) in [7, 11) is 0. The van der Waals surface area contributed by atoms with E-state index in [1.807, 2.05) is 12.1 Å². The summed E-state index contributed by atoms with van der Waals surface area (Å²) in [5, 5.41) is 8.79. The number of aromatic nitrogens is 1. The van der Waals surface area contributed by atoms with E-state index in [9.17, 15) is 9.59 Å². The standard InChI is InChI=1S/C19H24N4O2/c1-3-4-5-10-21-19(25)15-9-11-20-18(12-15)23-17-8-6-7-16(13-17)22-14(2)24/h6-9,11-13H,3-5,10H2,1-2H3,(H,20,23)(H,21,25)(H,22,24). The predicted octanol–water partition coefficient (Wildman–Crippen LogP) is 3.70. The lowest BCUT2D eigenvalue weighted by Crippen LogP contribution is -2.24. The molecule has 2 aromatic rings. The fourth-order valence-electron chi connectivity index (χ4n) is 2.34. The summed E-state index contributed by atoms with van der Waals surface area (Å²) in [6, 6.07) is 10.7. The van der Waals surface area contributed by atoms with Crippen molar-refractivity contribution in [2.75, 3.05) is 17.2 Å². The molecule has 0 saturated carbocycles. The number of amides is 2. The first kappa shape index (κ1) is 18.4. The molecule has 132 valence electrons. The Labute approximate surface area is 148 Å². The number of hydrogen-bond acceptors (Lipinski definition) is 4. The van der Waals surface area contributed by atoms with Crippen LogP contribution in [-0.2, 0) is 4.79 Å². The smallest absolute Gasteiger partial charge is 0.251 e. The molecule has 6 nitrogen and oxygen atoms in total. The Morgan fingerprint density at radius 3 is 2.64 bits per heavy atom. The molecule has 0 aliphatic rings. The summed E-state index contributed by atoms with van der Waals surface area (Å²) in [5.74, 6) is 0.340. The van der Waals surface area contributed by atoms with E-state index < -0.39 is 0 Å². The molecule has 0 saturated heterocycles. The molecule has 2 rings (SSSR count). The third-order valence-corrected chi connectivity index (χ3v) is 3.54. The lowest BCUT2D eigenvalue weighted by atomic mass is 10.2. The lowest BCUT2D eigenvalue weighted by Gasteiger charge is -2.10. The minimum Gasteiger partial charge on any atom is -0.352 e. The van der Waals surface area contributed by atoms with E-state index in [4.69, 9.17) is 0 Å². The maximum absolute atomic E-state index is 12.2. The van der Waals surface area contributed by atoms with Gasteiger partial charge in [0.25, 0.3) is 5.91 Å². The van der Waals surface area contributed by atoms with Crippen LogP contribution in [0.15, 0.2) is 42.6 Å². The summed E-state index contributed by atoms with van der Waals surface area (Å²) in [5.41, 5.74) is 2.04. The predicted molar refractivity (Wildman–Crippen MR) is 100 cm³/mol. The molecule has 0 atom stereocenters. The number of rotatable bonds is 8. The van der Waals surface area contributed by atoms with E-state index in [2.05, 4.69) is 27.9 Å². The number of pyridine rings is 1. The molecule has 2 amide bonds. The van der Waals surface area contributed by atoms with Crippen molar-refractivity contribution in [2.24, 2.45) is 0 Å². The van der Waals surface area contributed by atoms with E-state index in [1.165, 1.54) is 6.92 Å². The Balaban J connectivity index is 2.01. The van der Waals surface area contributed by atoms with Crippen molar-refractivity contribution in [1.29, 1.82) is 0 Å². The van der Waals surface area contributed by atoms with Crippen molar-refractivity contribution in [3.05, 3.63) is 48.2 Å². The third-order valence-electron chi connectivity index (χ3n) is 3.54. The molecular weight excluding hydrogens is 316 g/mol. The minimum absolute atomic E-state index is 0.103. The van der Waals surface area contributed by atoms with Crippen molar-refractivity contribution in [1.82, 2.24) is 10.3 Å². The van der Waals surface area contributed by atoms with Crippen molar-refractivity contribution in [3.8, 4) is 0 Å². The number of anilines is 3. The van der Waals surface area contributed by atoms with E-state index in [1.54, 1.807) is 30.5 Å². The van der Waals surface area contributed by atoms with Gasteiger partial charge in [0.15, 0.2) is 0 Å². The van der Waals surface area contributed by atoms with Gasteiger partial charge in [0.2, 0.25) is 5.91 Å². The molecule has 1 aromatic heterocycles. The van der Waals surface area contributed by atoms with Crippen LogP contribution in [0.4, 0.5) is 17.2 Å². The van der Waals surface area contributed by atoms with Crippen molar-refractivity contribution >= 4 is 29.0 Å². The van der Waals surface area contributed by atoms with Gasteiger partial charge in [-0.1, -0.05) is 25.8 Å². The number of nitrogens with zero attached hydrogens (tertiary/aromatic N) is 1.